The molecule has 3 rings (SSSR count). The van der Waals surface area contributed by atoms with Crippen LogP contribution in [-0.4, -0.2) is 28.0 Å². The molecule has 1 N–H and O–H groups in total. The maximum absolute atomic E-state index is 10.1. The van der Waals surface area contributed by atoms with Gasteiger partial charge in [-0.3, -0.25) is 0 Å². The average Bonchev–Trinajstić information content (AvgIpc) is 2.91. The van der Waals surface area contributed by atoms with Crippen LogP contribution in [0, 0.1) is 0 Å². The Kier molecular flexibility index (Phi) is 3.78. The van der Waals surface area contributed by atoms with Crippen molar-refractivity contribution in [2.75, 3.05) is 7.11 Å². The molecule has 3 aromatic rings. The number of imidazole rings is 1. The minimum atomic E-state index is 0.0768. The van der Waals surface area contributed by atoms with Gasteiger partial charge >= 0.3 is 0 Å². The molecule has 0 fully saturated rings. The Morgan fingerprint density at radius 3 is 2.82 bits per heavy atom. The summed E-state index contributed by atoms with van der Waals surface area (Å²) in [6.45, 7) is 2.83. The van der Waals surface area contributed by atoms with Crippen LogP contribution >= 0.6 is 0 Å². The molecule has 0 aliphatic rings. The second-order valence-corrected chi connectivity index (χ2v) is 4.80. The van der Waals surface area contributed by atoms with Gasteiger partial charge in [0, 0.05) is 18.3 Å². The van der Waals surface area contributed by atoms with Crippen LogP contribution in [0.5, 0.6) is 11.5 Å². The lowest BCUT2D eigenvalue weighted by Crippen LogP contribution is -1.93. The number of ether oxygens (including phenoxy) is 1. The molecule has 2 aromatic carbocycles. The summed E-state index contributed by atoms with van der Waals surface area (Å²) < 4.78 is 7.13. The fraction of sp³-hybridized carbons (Fsp3) is 0.176. The lowest BCUT2D eigenvalue weighted by atomic mass is 10.2. The number of benzene rings is 2. The number of nitrogens with zero attached hydrogens (tertiary/aromatic N) is 3. The van der Waals surface area contributed by atoms with Gasteiger partial charge in [-0.25, -0.2) is 9.98 Å². The van der Waals surface area contributed by atoms with E-state index in [0.717, 1.165) is 17.6 Å². The molecule has 5 heteroatoms. The first-order valence-corrected chi connectivity index (χ1v) is 7.10. The molecular weight excluding hydrogens is 278 g/mol. The fourth-order valence-corrected chi connectivity index (χ4v) is 2.41. The van der Waals surface area contributed by atoms with Crippen LogP contribution in [0.15, 0.2) is 47.5 Å². The van der Waals surface area contributed by atoms with Crippen LogP contribution < -0.4 is 4.74 Å². The third-order valence-corrected chi connectivity index (χ3v) is 3.52. The second kappa shape index (κ2) is 5.89. The molecule has 0 radical (unpaired) electrons. The van der Waals surface area contributed by atoms with Crippen LogP contribution in [0.2, 0.25) is 0 Å². The van der Waals surface area contributed by atoms with Gasteiger partial charge in [-0.2, -0.15) is 0 Å². The highest BCUT2D eigenvalue weighted by Crippen LogP contribution is 2.29. The zero-order chi connectivity index (χ0) is 15.5. The van der Waals surface area contributed by atoms with Gasteiger partial charge in [-0.05, 0) is 31.2 Å². The summed E-state index contributed by atoms with van der Waals surface area (Å²) in [6.07, 6.45) is 1.60. The van der Waals surface area contributed by atoms with Crippen molar-refractivity contribution in [3.05, 3.63) is 48.0 Å². The maximum Gasteiger partial charge on any atom is 0.230 e. The summed E-state index contributed by atoms with van der Waals surface area (Å²) in [4.78, 5) is 8.96. The minimum Gasteiger partial charge on any atom is -0.504 e. The largest absolute Gasteiger partial charge is 0.504 e. The number of hydrogen-bond donors (Lipinski definition) is 1. The summed E-state index contributed by atoms with van der Waals surface area (Å²) in [7, 11) is 1.52. The van der Waals surface area contributed by atoms with E-state index in [9.17, 15) is 5.11 Å². The summed E-state index contributed by atoms with van der Waals surface area (Å²) in [6, 6.07) is 13.2. The van der Waals surface area contributed by atoms with E-state index in [1.807, 2.05) is 34.9 Å². The number of aromatic hydroxyl groups is 1. The van der Waals surface area contributed by atoms with Crippen LogP contribution in [0.4, 0.5) is 5.95 Å². The highest BCUT2D eigenvalue weighted by Gasteiger charge is 2.09. The summed E-state index contributed by atoms with van der Waals surface area (Å²) in [5.74, 6) is 1.12. The zero-order valence-corrected chi connectivity index (χ0v) is 12.5. The number of phenols is 1. The molecule has 1 heterocycles. The molecule has 0 atom stereocenters. The third-order valence-electron chi connectivity index (χ3n) is 3.52. The number of phenolic OH excluding ortho intramolecular Hbond substituents is 1. The predicted octanol–water partition coefficient (Wildman–Crippen LogP) is 3.52. The molecule has 5 nitrogen and oxygen atoms in total. The monoisotopic (exact) mass is 295 g/mol. The molecule has 0 amide bonds. The smallest absolute Gasteiger partial charge is 0.230 e. The maximum atomic E-state index is 10.1. The molecular formula is C17H17N3O2. The predicted molar refractivity (Wildman–Crippen MR) is 87.3 cm³/mol. The molecule has 0 bridgehead atoms. The van der Waals surface area contributed by atoms with Crippen molar-refractivity contribution in [1.29, 1.82) is 0 Å². The van der Waals surface area contributed by atoms with E-state index in [-0.39, 0.29) is 5.75 Å². The lowest BCUT2D eigenvalue weighted by Gasteiger charge is -2.05. The number of aromatic nitrogens is 2. The number of methoxy groups -OCH3 is 1. The van der Waals surface area contributed by atoms with Crippen molar-refractivity contribution in [2.45, 2.75) is 13.5 Å². The minimum absolute atomic E-state index is 0.0768. The SMILES string of the molecule is CCn1c(/N=C/c2cccc(OC)c2O)nc2ccccc21. The van der Waals surface area contributed by atoms with Crippen LogP contribution in [0.25, 0.3) is 11.0 Å². The second-order valence-electron chi connectivity index (χ2n) is 4.80. The number of aryl methyl sites for hydroxylation is 1. The molecule has 0 unspecified atom stereocenters. The Hall–Kier alpha value is -2.82. The van der Waals surface area contributed by atoms with E-state index in [1.54, 1.807) is 18.3 Å². The first-order chi connectivity index (χ1) is 10.7. The standard InChI is InChI=1S/C17H17N3O2/c1-3-20-14-9-5-4-8-13(14)19-17(20)18-11-12-7-6-10-15(22-2)16(12)21/h4-11,21H,3H2,1-2H3/b18-11+. The summed E-state index contributed by atoms with van der Waals surface area (Å²) >= 11 is 0. The van der Waals surface area contributed by atoms with Gasteiger partial charge in [-0.15, -0.1) is 0 Å². The number of aliphatic imine (C=N–C) groups is 1. The number of para-hydroxylation sites is 3. The van der Waals surface area contributed by atoms with Gasteiger partial charge in [0.15, 0.2) is 11.5 Å². The van der Waals surface area contributed by atoms with E-state index in [2.05, 4.69) is 16.9 Å². The first kappa shape index (κ1) is 14.1. The highest BCUT2D eigenvalue weighted by atomic mass is 16.5. The quantitative estimate of drug-likeness (QED) is 0.749. The molecule has 1 aromatic heterocycles. The molecule has 0 spiro atoms. The Morgan fingerprint density at radius 2 is 2.05 bits per heavy atom. The van der Waals surface area contributed by atoms with Gasteiger partial charge in [-0.1, -0.05) is 18.2 Å². The van der Waals surface area contributed by atoms with Crippen molar-refractivity contribution in [2.24, 2.45) is 4.99 Å². The van der Waals surface area contributed by atoms with Gasteiger partial charge in [0.1, 0.15) is 0 Å². The van der Waals surface area contributed by atoms with Crippen molar-refractivity contribution in [3.8, 4) is 11.5 Å². The Balaban J connectivity index is 2.03. The molecule has 112 valence electrons. The molecule has 22 heavy (non-hydrogen) atoms. The first-order valence-electron chi connectivity index (χ1n) is 7.10. The molecule has 0 saturated carbocycles. The van der Waals surface area contributed by atoms with Crippen LogP contribution in [0.3, 0.4) is 0 Å². The van der Waals surface area contributed by atoms with Gasteiger partial charge < -0.3 is 14.4 Å². The highest BCUT2D eigenvalue weighted by molar-refractivity contribution is 5.87. The summed E-state index contributed by atoms with van der Waals surface area (Å²) in [5.41, 5.74) is 2.55. The van der Waals surface area contributed by atoms with Gasteiger partial charge in [0.25, 0.3) is 0 Å². The topological polar surface area (TPSA) is 59.6 Å². The third kappa shape index (κ3) is 2.41. The van der Waals surface area contributed by atoms with Crippen molar-refractivity contribution < 1.29 is 9.84 Å². The number of hydrogen-bond acceptors (Lipinski definition) is 4. The number of fused-ring (bicyclic) bond motifs is 1. The summed E-state index contributed by atoms with van der Waals surface area (Å²) in [5, 5.41) is 10.1. The normalized spacial score (nSPS) is 11.4. The van der Waals surface area contributed by atoms with Gasteiger partial charge in [0.2, 0.25) is 5.95 Å². The Morgan fingerprint density at radius 1 is 1.23 bits per heavy atom. The van der Waals surface area contributed by atoms with Crippen LogP contribution in [-0.2, 0) is 6.54 Å². The lowest BCUT2D eigenvalue weighted by molar-refractivity contribution is 0.373. The average molecular weight is 295 g/mol. The van der Waals surface area contributed by atoms with Crippen molar-refractivity contribution in [3.63, 3.8) is 0 Å². The Labute approximate surface area is 128 Å². The van der Waals surface area contributed by atoms with E-state index in [4.69, 9.17) is 4.74 Å². The van der Waals surface area contributed by atoms with Crippen LogP contribution in [0.1, 0.15) is 12.5 Å². The van der Waals surface area contributed by atoms with E-state index in [1.165, 1.54) is 7.11 Å². The Bertz CT molecular complexity index is 837. The van der Waals surface area contributed by atoms with Crippen molar-refractivity contribution in [1.82, 2.24) is 9.55 Å². The van der Waals surface area contributed by atoms with E-state index < -0.39 is 0 Å². The zero-order valence-electron chi connectivity index (χ0n) is 12.5. The van der Waals surface area contributed by atoms with Gasteiger partial charge in [0.05, 0.1) is 18.1 Å². The van der Waals surface area contributed by atoms with E-state index >= 15 is 0 Å². The number of rotatable bonds is 4. The molecule has 0 saturated heterocycles. The fourth-order valence-electron chi connectivity index (χ4n) is 2.41. The molecule has 0 aliphatic carbocycles. The van der Waals surface area contributed by atoms with Crippen molar-refractivity contribution >= 4 is 23.2 Å². The van der Waals surface area contributed by atoms with E-state index in [0.29, 0.717) is 17.3 Å². The molecule has 0 aliphatic heterocycles.